The Morgan fingerprint density at radius 2 is 1.68 bits per heavy atom. The smallest absolute Gasteiger partial charge is 0.264 e. The van der Waals surface area contributed by atoms with E-state index < -0.39 is 10.0 Å². The molecular formula is C22H23NO4S. The molecule has 2 aromatic rings. The van der Waals surface area contributed by atoms with E-state index in [1.807, 2.05) is 12.2 Å². The molecule has 0 aliphatic carbocycles. The predicted octanol–water partition coefficient (Wildman–Crippen LogP) is 4.01. The van der Waals surface area contributed by atoms with E-state index in [1.165, 1.54) is 4.31 Å². The molecule has 0 aromatic heterocycles. The zero-order valence-corrected chi connectivity index (χ0v) is 16.4. The lowest BCUT2D eigenvalue weighted by atomic mass is 10.2. The number of anilines is 1. The van der Waals surface area contributed by atoms with Crippen LogP contribution in [0.4, 0.5) is 5.69 Å². The minimum atomic E-state index is -3.71. The first-order valence-electron chi connectivity index (χ1n) is 9.19. The number of benzene rings is 2. The van der Waals surface area contributed by atoms with Crippen LogP contribution in [0, 0.1) is 12.3 Å². The highest BCUT2D eigenvalue weighted by atomic mass is 32.2. The fraction of sp³-hybridized carbons (Fsp3) is 0.273. The Balaban J connectivity index is 1.95. The molecule has 0 saturated carbocycles. The first kappa shape index (κ1) is 19.8. The third kappa shape index (κ3) is 4.68. The SMILES string of the molecule is C#CCCCCN(c1ccc2c(c1)OC/C=C\CO2)S(=O)(=O)c1ccccc1. The van der Waals surface area contributed by atoms with Crippen LogP contribution >= 0.6 is 0 Å². The number of rotatable bonds is 7. The van der Waals surface area contributed by atoms with Gasteiger partial charge in [-0.25, -0.2) is 8.42 Å². The quantitative estimate of drug-likeness (QED) is 0.402. The minimum absolute atomic E-state index is 0.249. The zero-order chi connectivity index (χ0) is 19.8. The van der Waals surface area contributed by atoms with Gasteiger partial charge in [-0.15, -0.1) is 12.3 Å². The van der Waals surface area contributed by atoms with Crippen LogP contribution in [0.5, 0.6) is 11.5 Å². The summed E-state index contributed by atoms with van der Waals surface area (Å²) in [4.78, 5) is 0.249. The molecule has 1 aliphatic rings. The number of hydrogen-bond acceptors (Lipinski definition) is 4. The molecule has 28 heavy (non-hydrogen) atoms. The van der Waals surface area contributed by atoms with E-state index in [4.69, 9.17) is 15.9 Å². The van der Waals surface area contributed by atoms with Crippen LogP contribution in [-0.4, -0.2) is 28.2 Å². The number of terminal acetylenes is 1. The van der Waals surface area contributed by atoms with Gasteiger partial charge in [0.15, 0.2) is 11.5 Å². The van der Waals surface area contributed by atoms with Crippen molar-refractivity contribution in [3.63, 3.8) is 0 Å². The van der Waals surface area contributed by atoms with Crippen LogP contribution < -0.4 is 13.8 Å². The first-order chi connectivity index (χ1) is 13.6. The maximum Gasteiger partial charge on any atom is 0.264 e. The van der Waals surface area contributed by atoms with Gasteiger partial charge in [-0.3, -0.25) is 4.31 Å². The summed E-state index contributed by atoms with van der Waals surface area (Å²) in [5.41, 5.74) is 0.538. The lowest BCUT2D eigenvalue weighted by molar-refractivity contribution is 0.297. The average Bonchev–Trinajstić information content (AvgIpc) is 2.69. The van der Waals surface area contributed by atoms with Crippen molar-refractivity contribution in [3.05, 3.63) is 60.7 Å². The number of fused-ring (bicyclic) bond motifs is 1. The lowest BCUT2D eigenvalue weighted by Crippen LogP contribution is -2.32. The van der Waals surface area contributed by atoms with Crippen molar-refractivity contribution in [1.82, 2.24) is 0 Å². The molecule has 0 atom stereocenters. The maximum absolute atomic E-state index is 13.3. The van der Waals surface area contributed by atoms with Crippen LogP contribution in [0.1, 0.15) is 19.3 Å². The van der Waals surface area contributed by atoms with Crippen molar-refractivity contribution in [2.24, 2.45) is 0 Å². The molecule has 0 spiro atoms. The van der Waals surface area contributed by atoms with Crippen molar-refractivity contribution in [2.45, 2.75) is 24.2 Å². The van der Waals surface area contributed by atoms with Crippen LogP contribution in [0.15, 0.2) is 65.6 Å². The summed E-state index contributed by atoms with van der Waals surface area (Å²) < 4.78 is 39.4. The molecule has 0 bridgehead atoms. The molecule has 5 nitrogen and oxygen atoms in total. The number of nitrogens with zero attached hydrogens (tertiary/aromatic N) is 1. The van der Waals surface area contributed by atoms with Gasteiger partial charge in [0.1, 0.15) is 13.2 Å². The predicted molar refractivity (Wildman–Crippen MR) is 110 cm³/mol. The van der Waals surface area contributed by atoms with E-state index >= 15 is 0 Å². The molecule has 6 heteroatoms. The van der Waals surface area contributed by atoms with Gasteiger partial charge in [-0.1, -0.05) is 18.2 Å². The van der Waals surface area contributed by atoms with E-state index in [2.05, 4.69) is 5.92 Å². The fourth-order valence-corrected chi connectivity index (χ4v) is 4.40. The highest BCUT2D eigenvalue weighted by molar-refractivity contribution is 7.92. The number of unbranched alkanes of at least 4 members (excludes halogenated alkanes) is 2. The highest BCUT2D eigenvalue weighted by Crippen LogP contribution is 2.35. The number of sulfonamides is 1. The average molecular weight is 397 g/mol. The number of hydrogen-bond donors (Lipinski definition) is 0. The Morgan fingerprint density at radius 3 is 2.39 bits per heavy atom. The van der Waals surface area contributed by atoms with Crippen molar-refractivity contribution in [1.29, 1.82) is 0 Å². The second-order valence-electron chi connectivity index (χ2n) is 6.28. The van der Waals surface area contributed by atoms with Gasteiger partial charge in [0.05, 0.1) is 10.6 Å². The molecule has 146 valence electrons. The summed E-state index contributed by atoms with van der Waals surface area (Å²) >= 11 is 0. The van der Waals surface area contributed by atoms with Crippen LogP contribution in [-0.2, 0) is 10.0 Å². The van der Waals surface area contributed by atoms with E-state index in [-0.39, 0.29) is 4.90 Å². The first-order valence-corrected chi connectivity index (χ1v) is 10.6. The summed E-state index contributed by atoms with van der Waals surface area (Å²) in [5.74, 6) is 3.72. The van der Waals surface area contributed by atoms with E-state index in [1.54, 1.807) is 48.5 Å². The molecule has 0 fully saturated rings. The van der Waals surface area contributed by atoms with Gasteiger partial charge in [-0.2, -0.15) is 0 Å². The van der Waals surface area contributed by atoms with E-state index in [0.717, 1.165) is 6.42 Å². The van der Waals surface area contributed by atoms with Crippen molar-refractivity contribution >= 4 is 15.7 Å². The largest absolute Gasteiger partial charge is 0.486 e. The molecule has 1 heterocycles. The standard InChI is InChI=1S/C22H23NO4S/c1-2-3-4-8-15-23(28(24,25)20-11-6-5-7-12-20)19-13-14-21-22(18-19)27-17-10-9-16-26-21/h1,5-7,9-14,18H,3-4,8,15-17H2/b10-9-. The molecule has 3 rings (SSSR count). The highest BCUT2D eigenvalue weighted by Gasteiger charge is 2.25. The fourth-order valence-electron chi connectivity index (χ4n) is 2.89. The Bertz CT molecular complexity index is 962. The maximum atomic E-state index is 13.3. The second kappa shape index (κ2) is 9.34. The second-order valence-corrected chi connectivity index (χ2v) is 8.14. The molecule has 1 aliphatic heterocycles. The third-order valence-corrected chi connectivity index (χ3v) is 6.16. The van der Waals surface area contributed by atoms with Crippen molar-refractivity contribution in [2.75, 3.05) is 24.1 Å². The van der Waals surface area contributed by atoms with E-state index in [0.29, 0.717) is 49.8 Å². The zero-order valence-electron chi connectivity index (χ0n) is 15.6. The molecule has 0 unspecified atom stereocenters. The Kier molecular flexibility index (Phi) is 6.62. The van der Waals surface area contributed by atoms with Gasteiger partial charge in [0.25, 0.3) is 10.0 Å². The summed E-state index contributed by atoms with van der Waals surface area (Å²) in [7, 11) is -3.71. The Hall–Kier alpha value is -2.91. The summed E-state index contributed by atoms with van der Waals surface area (Å²) in [6, 6.07) is 13.6. The molecule has 0 radical (unpaired) electrons. The molecule has 0 N–H and O–H groups in total. The summed E-state index contributed by atoms with van der Waals surface area (Å²) in [5, 5.41) is 0. The van der Waals surface area contributed by atoms with Gasteiger partial charge in [-0.05, 0) is 49.3 Å². The normalized spacial score (nSPS) is 14.4. The van der Waals surface area contributed by atoms with Gasteiger partial charge >= 0.3 is 0 Å². The van der Waals surface area contributed by atoms with Crippen LogP contribution in [0.2, 0.25) is 0 Å². The topological polar surface area (TPSA) is 55.8 Å². The molecule has 0 saturated heterocycles. The van der Waals surface area contributed by atoms with E-state index in [9.17, 15) is 8.42 Å². The molecule has 0 amide bonds. The Labute approximate surface area is 166 Å². The van der Waals surface area contributed by atoms with Crippen LogP contribution in [0.25, 0.3) is 0 Å². The van der Waals surface area contributed by atoms with Gasteiger partial charge in [0, 0.05) is 19.0 Å². The van der Waals surface area contributed by atoms with Gasteiger partial charge < -0.3 is 9.47 Å². The minimum Gasteiger partial charge on any atom is -0.486 e. The Morgan fingerprint density at radius 1 is 0.964 bits per heavy atom. The molecular weight excluding hydrogens is 374 g/mol. The molecule has 2 aromatic carbocycles. The van der Waals surface area contributed by atoms with Crippen LogP contribution in [0.3, 0.4) is 0 Å². The monoisotopic (exact) mass is 397 g/mol. The third-order valence-electron chi connectivity index (χ3n) is 4.32. The lowest BCUT2D eigenvalue weighted by Gasteiger charge is -2.26. The summed E-state index contributed by atoms with van der Waals surface area (Å²) in [6.45, 7) is 1.19. The van der Waals surface area contributed by atoms with Crippen molar-refractivity contribution < 1.29 is 17.9 Å². The summed E-state index contributed by atoms with van der Waals surface area (Å²) in [6.07, 6.45) is 11.1. The number of ether oxygens (including phenoxy) is 2. The van der Waals surface area contributed by atoms with Crippen molar-refractivity contribution in [3.8, 4) is 23.8 Å². The van der Waals surface area contributed by atoms with Gasteiger partial charge in [0.2, 0.25) is 0 Å².